The van der Waals surface area contributed by atoms with Gasteiger partial charge >= 0.3 is 0 Å². The van der Waals surface area contributed by atoms with Gasteiger partial charge in [-0.05, 0) is 19.8 Å². The lowest BCUT2D eigenvalue weighted by Crippen LogP contribution is -2.39. The van der Waals surface area contributed by atoms with Crippen LogP contribution in [0.3, 0.4) is 0 Å². The van der Waals surface area contributed by atoms with Crippen LogP contribution in [0.15, 0.2) is 6.20 Å². The second-order valence-electron chi connectivity index (χ2n) is 4.29. The predicted molar refractivity (Wildman–Crippen MR) is 64.4 cm³/mol. The number of piperidine rings is 1. The fraction of sp³-hybridized carbons (Fsp3) is 0.727. The molecular weight excluding hydrogens is 216 g/mol. The van der Waals surface area contributed by atoms with Gasteiger partial charge in [-0.3, -0.25) is 4.90 Å². The van der Waals surface area contributed by atoms with Gasteiger partial charge in [-0.15, -0.1) is 5.10 Å². The molecule has 2 rings (SSSR count). The van der Waals surface area contributed by atoms with E-state index in [1.54, 1.807) is 6.20 Å². The van der Waals surface area contributed by atoms with Crippen molar-refractivity contribution in [1.82, 2.24) is 19.9 Å². The van der Waals surface area contributed by atoms with Gasteiger partial charge < -0.3 is 5.32 Å². The summed E-state index contributed by atoms with van der Waals surface area (Å²) in [5.74, 6) is 0.992. The van der Waals surface area contributed by atoms with E-state index in [-0.39, 0.29) is 0 Å². The summed E-state index contributed by atoms with van der Waals surface area (Å²) in [4.78, 5) is 2.19. The highest BCUT2D eigenvalue weighted by molar-refractivity contribution is 5.32. The standard InChI is InChI=1S/C11H18N6/c1-2-17-11(9-13-15-17)14-10-3-6-16(7-4-10)8-5-12/h9-10,14H,2-4,6-8H2,1H3. The van der Waals surface area contributed by atoms with Crippen LogP contribution in [0, 0.1) is 11.3 Å². The van der Waals surface area contributed by atoms with Crippen molar-refractivity contribution in [2.24, 2.45) is 0 Å². The maximum atomic E-state index is 8.63. The molecular formula is C11H18N6. The third kappa shape index (κ3) is 2.94. The molecule has 1 saturated heterocycles. The molecule has 0 atom stereocenters. The van der Waals surface area contributed by atoms with Gasteiger partial charge in [0, 0.05) is 25.7 Å². The largest absolute Gasteiger partial charge is 0.366 e. The van der Waals surface area contributed by atoms with Crippen molar-refractivity contribution in [3.63, 3.8) is 0 Å². The smallest absolute Gasteiger partial charge is 0.145 e. The van der Waals surface area contributed by atoms with E-state index < -0.39 is 0 Å². The van der Waals surface area contributed by atoms with Crippen LogP contribution in [-0.2, 0) is 6.54 Å². The van der Waals surface area contributed by atoms with Crippen molar-refractivity contribution in [1.29, 1.82) is 5.26 Å². The second kappa shape index (κ2) is 5.64. The van der Waals surface area contributed by atoms with Gasteiger partial charge in [0.05, 0.1) is 18.8 Å². The first-order chi connectivity index (χ1) is 8.33. The predicted octanol–water partition coefficient (Wildman–Crippen LogP) is 0.698. The highest BCUT2D eigenvalue weighted by Gasteiger charge is 2.19. The minimum Gasteiger partial charge on any atom is -0.366 e. The number of aromatic nitrogens is 3. The number of hydrogen-bond acceptors (Lipinski definition) is 5. The molecule has 0 amide bonds. The second-order valence-corrected chi connectivity index (χ2v) is 4.29. The normalized spacial score (nSPS) is 17.9. The molecule has 6 nitrogen and oxygen atoms in total. The number of hydrogen-bond donors (Lipinski definition) is 1. The lowest BCUT2D eigenvalue weighted by molar-refractivity contribution is 0.242. The summed E-state index contributed by atoms with van der Waals surface area (Å²) < 4.78 is 1.86. The molecule has 0 aromatic carbocycles. The Hall–Kier alpha value is -1.61. The quantitative estimate of drug-likeness (QED) is 0.776. The Morgan fingerprint density at radius 3 is 2.94 bits per heavy atom. The van der Waals surface area contributed by atoms with Crippen molar-refractivity contribution in [3.8, 4) is 6.07 Å². The topological polar surface area (TPSA) is 69.8 Å². The molecule has 0 radical (unpaired) electrons. The summed E-state index contributed by atoms with van der Waals surface area (Å²) in [6.45, 7) is 5.39. The van der Waals surface area contributed by atoms with Crippen LogP contribution in [0.25, 0.3) is 0 Å². The number of nitrogens with zero attached hydrogens (tertiary/aromatic N) is 5. The lowest BCUT2D eigenvalue weighted by Gasteiger charge is -2.31. The van der Waals surface area contributed by atoms with Crippen LogP contribution in [0.2, 0.25) is 0 Å². The maximum Gasteiger partial charge on any atom is 0.145 e. The van der Waals surface area contributed by atoms with Gasteiger partial charge in [-0.1, -0.05) is 5.21 Å². The van der Waals surface area contributed by atoms with Gasteiger partial charge in [0.1, 0.15) is 5.82 Å². The summed E-state index contributed by atoms with van der Waals surface area (Å²) in [6, 6.07) is 2.66. The minimum atomic E-state index is 0.466. The molecule has 17 heavy (non-hydrogen) atoms. The van der Waals surface area contributed by atoms with E-state index in [9.17, 15) is 0 Å². The van der Waals surface area contributed by atoms with Gasteiger partial charge in [-0.2, -0.15) is 5.26 Å². The van der Waals surface area contributed by atoms with Crippen molar-refractivity contribution >= 4 is 5.82 Å². The van der Waals surface area contributed by atoms with Gasteiger partial charge in [0.2, 0.25) is 0 Å². The summed E-state index contributed by atoms with van der Waals surface area (Å²) in [6.07, 6.45) is 3.90. The van der Waals surface area contributed by atoms with Crippen LogP contribution >= 0.6 is 0 Å². The highest BCUT2D eigenvalue weighted by atomic mass is 15.5. The van der Waals surface area contributed by atoms with Gasteiger partial charge in [-0.25, -0.2) is 4.68 Å². The van der Waals surface area contributed by atoms with E-state index in [0.29, 0.717) is 12.6 Å². The molecule has 0 spiro atoms. The molecule has 1 aromatic heterocycles. The van der Waals surface area contributed by atoms with E-state index in [0.717, 1.165) is 38.3 Å². The first-order valence-corrected chi connectivity index (χ1v) is 6.07. The first-order valence-electron chi connectivity index (χ1n) is 6.07. The fourth-order valence-electron chi connectivity index (χ4n) is 2.15. The van der Waals surface area contributed by atoms with Crippen LogP contribution in [-0.4, -0.2) is 45.6 Å². The highest BCUT2D eigenvalue weighted by Crippen LogP contribution is 2.15. The minimum absolute atomic E-state index is 0.466. The van der Waals surface area contributed by atoms with Crippen molar-refractivity contribution < 1.29 is 0 Å². The third-order valence-corrected chi connectivity index (χ3v) is 3.15. The zero-order valence-corrected chi connectivity index (χ0v) is 10.1. The average molecular weight is 234 g/mol. The molecule has 1 N–H and O–H groups in total. The Morgan fingerprint density at radius 2 is 2.29 bits per heavy atom. The number of nitriles is 1. The molecule has 1 aliphatic heterocycles. The third-order valence-electron chi connectivity index (χ3n) is 3.15. The molecule has 0 bridgehead atoms. The van der Waals surface area contributed by atoms with E-state index in [1.165, 1.54) is 0 Å². The SMILES string of the molecule is CCn1nncc1NC1CCN(CC#N)CC1. The number of nitrogens with one attached hydrogen (secondary N) is 1. The summed E-state index contributed by atoms with van der Waals surface area (Å²) in [5.41, 5.74) is 0. The molecule has 0 aliphatic carbocycles. The Labute approximate surface area is 101 Å². The van der Waals surface area contributed by atoms with Crippen molar-refractivity contribution in [2.45, 2.75) is 32.4 Å². The molecule has 1 fully saturated rings. The molecule has 1 aliphatic rings. The Morgan fingerprint density at radius 1 is 1.53 bits per heavy atom. The zero-order valence-electron chi connectivity index (χ0n) is 10.1. The monoisotopic (exact) mass is 234 g/mol. The number of aryl methyl sites for hydroxylation is 1. The van der Waals surface area contributed by atoms with Crippen molar-refractivity contribution in [3.05, 3.63) is 6.20 Å². The fourth-order valence-corrected chi connectivity index (χ4v) is 2.15. The number of anilines is 1. The zero-order chi connectivity index (χ0) is 12.1. The van der Waals surface area contributed by atoms with E-state index >= 15 is 0 Å². The Bertz CT molecular complexity index is 385. The summed E-state index contributed by atoms with van der Waals surface area (Å²) in [7, 11) is 0. The van der Waals surface area contributed by atoms with Crippen LogP contribution in [0.4, 0.5) is 5.82 Å². The molecule has 1 aromatic rings. The maximum absolute atomic E-state index is 8.63. The van der Waals surface area contributed by atoms with Crippen LogP contribution in [0.1, 0.15) is 19.8 Å². The van der Waals surface area contributed by atoms with E-state index in [4.69, 9.17) is 5.26 Å². The first kappa shape index (κ1) is 11.9. The summed E-state index contributed by atoms with van der Waals surface area (Å²) >= 11 is 0. The van der Waals surface area contributed by atoms with Crippen LogP contribution in [0.5, 0.6) is 0 Å². The van der Waals surface area contributed by atoms with E-state index in [1.807, 2.05) is 4.68 Å². The average Bonchev–Trinajstić information content (AvgIpc) is 2.79. The molecule has 0 unspecified atom stereocenters. The summed E-state index contributed by atoms with van der Waals surface area (Å²) in [5, 5.41) is 20.0. The lowest BCUT2D eigenvalue weighted by atomic mass is 10.1. The van der Waals surface area contributed by atoms with Crippen LogP contribution < -0.4 is 5.32 Å². The molecule has 0 saturated carbocycles. The number of rotatable bonds is 4. The molecule has 6 heteroatoms. The van der Waals surface area contributed by atoms with Gasteiger partial charge in [0.15, 0.2) is 0 Å². The van der Waals surface area contributed by atoms with E-state index in [2.05, 4.69) is 33.5 Å². The Balaban J connectivity index is 1.84. The molecule has 92 valence electrons. The van der Waals surface area contributed by atoms with Crippen molar-refractivity contribution in [2.75, 3.05) is 25.0 Å². The van der Waals surface area contributed by atoms with Gasteiger partial charge in [0.25, 0.3) is 0 Å². The number of likely N-dealkylation sites (tertiary alicyclic amines) is 1. The molecule has 2 heterocycles. The Kier molecular flexibility index (Phi) is 3.94.